The number of fused-ring (bicyclic) bond motifs is 5. The zero-order chi connectivity index (χ0) is 24.3. The maximum atomic E-state index is 14.5. The first-order chi connectivity index (χ1) is 15.2. The van der Waals surface area contributed by atoms with Gasteiger partial charge in [-0.1, -0.05) is 46.8 Å². The van der Waals surface area contributed by atoms with E-state index >= 15 is 0 Å². The molecular formula is C27H38O6. The van der Waals surface area contributed by atoms with Crippen LogP contribution in [-0.2, 0) is 23.8 Å². The molecular weight excluding hydrogens is 420 g/mol. The summed E-state index contributed by atoms with van der Waals surface area (Å²) in [4.78, 5) is 27.3. The van der Waals surface area contributed by atoms with Gasteiger partial charge in [-0.05, 0) is 61.5 Å². The summed E-state index contributed by atoms with van der Waals surface area (Å²) in [5.74, 6) is -1.48. The van der Waals surface area contributed by atoms with Gasteiger partial charge in [0.2, 0.25) is 0 Å². The van der Waals surface area contributed by atoms with Crippen molar-refractivity contribution in [3.63, 3.8) is 0 Å². The molecule has 3 fully saturated rings. The quantitative estimate of drug-likeness (QED) is 0.500. The smallest absolute Gasteiger partial charge is 0.309 e. The van der Waals surface area contributed by atoms with Crippen molar-refractivity contribution in [1.29, 1.82) is 0 Å². The number of Topliss-reactive ketones (excluding diaryl/α,β-unsaturated/α-hetero) is 1. The van der Waals surface area contributed by atoms with Crippen molar-refractivity contribution in [3.8, 4) is 0 Å². The Labute approximate surface area is 196 Å². The minimum atomic E-state index is -1.74. The Morgan fingerprint density at radius 3 is 2.55 bits per heavy atom. The normalized spacial score (nSPS) is 46.8. The van der Waals surface area contributed by atoms with Crippen molar-refractivity contribution in [2.75, 3.05) is 6.61 Å². The van der Waals surface area contributed by atoms with Crippen LogP contribution < -0.4 is 0 Å². The Morgan fingerprint density at radius 1 is 1.24 bits per heavy atom. The number of carbonyl (C=O) groups excluding carboxylic acids is 2. The van der Waals surface area contributed by atoms with Gasteiger partial charge in [0.05, 0.1) is 17.9 Å². The van der Waals surface area contributed by atoms with Crippen LogP contribution in [-0.4, -0.2) is 47.1 Å². The largest absolute Gasteiger partial charge is 0.454 e. The number of allylic oxidation sites excluding steroid dienone is 1. The molecule has 33 heavy (non-hydrogen) atoms. The molecule has 0 aromatic carbocycles. The molecule has 5 aliphatic rings. The van der Waals surface area contributed by atoms with Gasteiger partial charge >= 0.3 is 5.97 Å². The summed E-state index contributed by atoms with van der Waals surface area (Å²) in [7, 11) is 0. The first-order valence-corrected chi connectivity index (χ1v) is 12.4. The van der Waals surface area contributed by atoms with Gasteiger partial charge in [0.25, 0.3) is 0 Å². The molecule has 0 aromatic heterocycles. The Kier molecular flexibility index (Phi) is 4.79. The van der Waals surface area contributed by atoms with Gasteiger partial charge in [-0.15, -0.1) is 0 Å². The third-order valence-corrected chi connectivity index (χ3v) is 9.38. The number of ketones is 1. The van der Waals surface area contributed by atoms with Crippen LogP contribution >= 0.6 is 0 Å². The molecule has 4 aliphatic carbocycles. The van der Waals surface area contributed by atoms with Crippen LogP contribution in [0.25, 0.3) is 0 Å². The molecule has 182 valence electrons. The van der Waals surface area contributed by atoms with Crippen molar-refractivity contribution < 1.29 is 28.9 Å². The van der Waals surface area contributed by atoms with Crippen molar-refractivity contribution in [2.45, 2.75) is 85.4 Å². The highest BCUT2D eigenvalue weighted by atomic mass is 16.7. The fraction of sp³-hybridized carbons (Fsp3) is 0.778. The van der Waals surface area contributed by atoms with E-state index in [0.29, 0.717) is 5.92 Å². The molecule has 6 nitrogen and oxygen atoms in total. The minimum Gasteiger partial charge on any atom is -0.454 e. The molecule has 1 saturated heterocycles. The maximum Gasteiger partial charge on any atom is 0.309 e. The van der Waals surface area contributed by atoms with Crippen LogP contribution in [0.15, 0.2) is 23.3 Å². The molecule has 5 rings (SSSR count). The summed E-state index contributed by atoms with van der Waals surface area (Å²) < 4.78 is 18.4. The summed E-state index contributed by atoms with van der Waals surface area (Å²) >= 11 is 0. The Balaban J connectivity index is 1.73. The first kappa shape index (κ1) is 23.3. The number of hydrogen-bond donors (Lipinski definition) is 1. The second-order valence-corrected chi connectivity index (χ2v) is 12.5. The number of carbonyl (C=O) groups is 2. The van der Waals surface area contributed by atoms with E-state index in [1.54, 1.807) is 13.8 Å². The average molecular weight is 459 g/mol. The molecule has 0 amide bonds. The molecule has 0 radical (unpaired) electrons. The summed E-state index contributed by atoms with van der Waals surface area (Å²) in [5, 5.41) is 12.8. The number of hydrogen-bond acceptors (Lipinski definition) is 6. The lowest BCUT2D eigenvalue weighted by Crippen LogP contribution is -2.68. The minimum absolute atomic E-state index is 0.0290. The van der Waals surface area contributed by atoms with Gasteiger partial charge in [-0.2, -0.15) is 0 Å². The van der Waals surface area contributed by atoms with Crippen molar-refractivity contribution >= 4 is 11.8 Å². The van der Waals surface area contributed by atoms with Crippen LogP contribution in [0.1, 0.15) is 61.8 Å². The summed E-state index contributed by atoms with van der Waals surface area (Å²) in [6, 6.07) is 0. The van der Waals surface area contributed by atoms with Crippen LogP contribution in [0.4, 0.5) is 0 Å². The number of aliphatic hydroxyl groups is 1. The van der Waals surface area contributed by atoms with E-state index in [0.717, 1.165) is 17.6 Å². The van der Waals surface area contributed by atoms with Crippen molar-refractivity contribution in [1.82, 2.24) is 0 Å². The molecule has 1 N–H and O–H groups in total. The molecule has 1 heterocycles. The van der Waals surface area contributed by atoms with Gasteiger partial charge in [0.15, 0.2) is 23.3 Å². The Bertz CT molecular complexity index is 973. The molecule has 1 aliphatic heterocycles. The van der Waals surface area contributed by atoms with Crippen molar-refractivity contribution in [2.24, 2.45) is 40.4 Å². The molecule has 7 unspecified atom stereocenters. The maximum absolute atomic E-state index is 14.5. The highest BCUT2D eigenvalue weighted by Crippen LogP contribution is 2.72. The fourth-order valence-corrected chi connectivity index (χ4v) is 7.55. The fourth-order valence-electron chi connectivity index (χ4n) is 7.55. The van der Waals surface area contributed by atoms with E-state index in [1.165, 1.54) is 0 Å². The highest BCUT2D eigenvalue weighted by Gasteiger charge is 2.77. The predicted molar refractivity (Wildman–Crippen MR) is 122 cm³/mol. The van der Waals surface area contributed by atoms with Crippen LogP contribution in [0.5, 0.6) is 0 Å². The van der Waals surface area contributed by atoms with E-state index in [4.69, 9.17) is 14.2 Å². The lowest BCUT2D eigenvalue weighted by atomic mass is 9.59. The Morgan fingerprint density at radius 2 is 1.91 bits per heavy atom. The van der Waals surface area contributed by atoms with Crippen LogP contribution in [0.2, 0.25) is 0 Å². The summed E-state index contributed by atoms with van der Waals surface area (Å²) in [6.45, 7) is 15.9. The Hall–Kier alpha value is -1.50. The van der Waals surface area contributed by atoms with Gasteiger partial charge in [-0.25, -0.2) is 0 Å². The number of rotatable bonds is 2. The van der Waals surface area contributed by atoms with E-state index in [9.17, 15) is 14.7 Å². The third kappa shape index (κ3) is 2.83. The van der Waals surface area contributed by atoms with Gasteiger partial charge < -0.3 is 19.3 Å². The molecule has 8 atom stereocenters. The second kappa shape index (κ2) is 6.79. The molecule has 2 saturated carbocycles. The SMILES string of the molecule is CC1=CC23C(=O)C(C=C4COC(C)(C)OC4C2(O)C1OC(=O)C(C)C)C1C(C[C@H]3C)C1(C)C. The lowest BCUT2D eigenvalue weighted by molar-refractivity contribution is -0.304. The predicted octanol–water partition coefficient (Wildman–Crippen LogP) is 3.82. The van der Waals surface area contributed by atoms with Gasteiger partial charge in [-0.3, -0.25) is 9.59 Å². The van der Waals surface area contributed by atoms with Crippen LogP contribution in [0, 0.1) is 40.4 Å². The van der Waals surface area contributed by atoms with Crippen molar-refractivity contribution in [3.05, 3.63) is 23.3 Å². The standard InChI is InChI=1S/C27H38O6/c1-13(2)23(29)32-21-14(3)11-26-15(4)9-18-19(24(18,5)6)17(20(26)28)10-16-12-31-25(7,8)33-22(16)27(21,26)30/h10-11,13,15,17-19,21-22,30H,9,12H2,1-8H3/t15-,17?,18?,19?,21?,22?,26?,27?/m1/s1. The lowest BCUT2D eigenvalue weighted by Gasteiger charge is -2.52. The molecule has 1 spiro atoms. The molecule has 2 bridgehead atoms. The average Bonchev–Trinajstić information content (AvgIpc) is 3.20. The molecule has 0 aromatic rings. The monoisotopic (exact) mass is 458 g/mol. The van der Waals surface area contributed by atoms with E-state index < -0.39 is 35.0 Å². The van der Waals surface area contributed by atoms with E-state index in [1.807, 2.05) is 32.9 Å². The number of esters is 1. The second-order valence-electron chi connectivity index (χ2n) is 12.5. The molecule has 6 heteroatoms. The zero-order valence-electron chi connectivity index (χ0n) is 21.1. The third-order valence-electron chi connectivity index (χ3n) is 9.38. The zero-order valence-corrected chi connectivity index (χ0v) is 21.1. The van der Waals surface area contributed by atoms with E-state index in [2.05, 4.69) is 20.8 Å². The van der Waals surface area contributed by atoms with Gasteiger partial charge in [0, 0.05) is 5.92 Å². The van der Waals surface area contributed by atoms with Gasteiger partial charge in [0.1, 0.15) is 6.10 Å². The topological polar surface area (TPSA) is 82.1 Å². The van der Waals surface area contributed by atoms with Crippen LogP contribution in [0.3, 0.4) is 0 Å². The number of ether oxygens (including phenoxy) is 3. The van der Waals surface area contributed by atoms with E-state index in [-0.39, 0.29) is 41.5 Å². The first-order valence-electron chi connectivity index (χ1n) is 12.4. The highest BCUT2D eigenvalue weighted by molar-refractivity contribution is 5.95. The summed E-state index contributed by atoms with van der Waals surface area (Å²) in [6.07, 6.45) is 3.02. The summed E-state index contributed by atoms with van der Waals surface area (Å²) in [5.41, 5.74) is -1.36.